The van der Waals surface area contributed by atoms with Crippen molar-refractivity contribution in [1.82, 2.24) is 0 Å². The van der Waals surface area contributed by atoms with Gasteiger partial charge in [0.05, 0.1) is 0 Å². The van der Waals surface area contributed by atoms with Gasteiger partial charge in [0.1, 0.15) is 0 Å². The van der Waals surface area contributed by atoms with Crippen LogP contribution in [0.2, 0.25) is 0 Å². The third kappa shape index (κ3) is 11.3. The SMILES string of the molecule is C=C(C)C(=C)C.[H-].[Li+].c1ccccc1. The third-order valence-electron chi connectivity index (χ3n) is 1.40. The Bertz CT molecular complexity index is 203. The topological polar surface area (TPSA) is 0 Å². The van der Waals surface area contributed by atoms with Gasteiger partial charge in [-0.15, -0.1) is 0 Å². The van der Waals surface area contributed by atoms with Crippen molar-refractivity contribution in [2.75, 3.05) is 0 Å². The molecule has 0 aliphatic heterocycles. The Morgan fingerprint density at radius 1 is 0.769 bits per heavy atom. The molecule has 0 spiro atoms. The second-order valence-electron chi connectivity index (χ2n) is 2.72. The Morgan fingerprint density at radius 3 is 1.00 bits per heavy atom. The second-order valence-corrected chi connectivity index (χ2v) is 2.72. The first-order chi connectivity index (χ1) is 5.64. The molecule has 0 heterocycles. The molecule has 1 heteroatoms. The van der Waals surface area contributed by atoms with Crippen LogP contribution < -0.4 is 18.9 Å². The fourth-order valence-corrected chi connectivity index (χ4v) is 0.385. The molecule has 1 aromatic rings. The zero-order valence-corrected chi connectivity index (χ0v) is 8.88. The van der Waals surface area contributed by atoms with Crippen LogP contribution in [0.5, 0.6) is 0 Å². The minimum atomic E-state index is 0. The summed E-state index contributed by atoms with van der Waals surface area (Å²) in [6.07, 6.45) is 0. The summed E-state index contributed by atoms with van der Waals surface area (Å²) in [5.74, 6) is 0. The summed E-state index contributed by atoms with van der Waals surface area (Å²) < 4.78 is 0. The average molecular weight is 168 g/mol. The van der Waals surface area contributed by atoms with Crippen LogP contribution in [0, 0.1) is 0 Å². The van der Waals surface area contributed by atoms with Crippen molar-refractivity contribution in [3.63, 3.8) is 0 Å². The average Bonchev–Trinajstić information content (AvgIpc) is 2.08. The largest absolute Gasteiger partial charge is 1.00 e. The maximum absolute atomic E-state index is 3.66. The molecule has 0 saturated carbocycles. The van der Waals surface area contributed by atoms with Gasteiger partial charge in [-0.25, -0.2) is 0 Å². The monoisotopic (exact) mass is 168 g/mol. The Balaban J connectivity index is -0.000000151. The van der Waals surface area contributed by atoms with Crippen molar-refractivity contribution in [2.45, 2.75) is 13.8 Å². The number of rotatable bonds is 1. The maximum Gasteiger partial charge on any atom is 1.00 e. The Hall–Kier alpha value is -0.703. The van der Waals surface area contributed by atoms with Gasteiger partial charge in [-0.05, 0) is 13.8 Å². The minimum Gasteiger partial charge on any atom is -1.00 e. The summed E-state index contributed by atoms with van der Waals surface area (Å²) >= 11 is 0. The van der Waals surface area contributed by atoms with Crippen molar-refractivity contribution in [3.05, 3.63) is 60.7 Å². The number of benzene rings is 1. The van der Waals surface area contributed by atoms with Crippen molar-refractivity contribution in [1.29, 1.82) is 0 Å². The van der Waals surface area contributed by atoms with Crippen LogP contribution in [-0.4, -0.2) is 0 Å². The van der Waals surface area contributed by atoms with Crippen LogP contribution in [0.15, 0.2) is 60.7 Å². The molecule has 0 aromatic heterocycles. The smallest absolute Gasteiger partial charge is 1.00 e. The zero-order chi connectivity index (χ0) is 9.40. The van der Waals surface area contributed by atoms with Crippen molar-refractivity contribution in [3.8, 4) is 0 Å². The van der Waals surface area contributed by atoms with E-state index in [0.29, 0.717) is 0 Å². The van der Waals surface area contributed by atoms with Gasteiger partial charge in [0.2, 0.25) is 0 Å². The summed E-state index contributed by atoms with van der Waals surface area (Å²) in [6, 6.07) is 12.0. The fourth-order valence-electron chi connectivity index (χ4n) is 0.385. The van der Waals surface area contributed by atoms with Gasteiger partial charge in [-0.3, -0.25) is 0 Å². The molecule has 1 aromatic carbocycles. The van der Waals surface area contributed by atoms with Gasteiger partial charge in [0, 0.05) is 0 Å². The van der Waals surface area contributed by atoms with E-state index in [-0.39, 0.29) is 20.3 Å². The molecule has 0 radical (unpaired) electrons. The first-order valence-corrected chi connectivity index (χ1v) is 3.96. The molecule has 0 fully saturated rings. The molecule has 0 nitrogen and oxygen atoms in total. The van der Waals surface area contributed by atoms with Gasteiger partial charge >= 0.3 is 18.9 Å². The summed E-state index contributed by atoms with van der Waals surface area (Å²) in [5, 5.41) is 0. The summed E-state index contributed by atoms with van der Waals surface area (Å²) in [7, 11) is 0. The molecule has 0 aliphatic carbocycles. The van der Waals surface area contributed by atoms with E-state index >= 15 is 0 Å². The Kier molecular flexibility index (Phi) is 10.7. The first-order valence-electron chi connectivity index (χ1n) is 3.96. The van der Waals surface area contributed by atoms with E-state index in [1.165, 1.54) is 0 Å². The molecular formula is C12H17Li. The molecule has 13 heavy (non-hydrogen) atoms. The fraction of sp³-hybridized carbons (Fsp3) is 0.167. The van der Waals surface area contributed by atoms with Crippen molar-refractivity contribution in [2.24, 2.45) is 0 Å². The van der Waals surface area contributed by atoms with E-state index in [1.807, 2.05) is 50.2 Å². The van der Waals surface area contributed by atoms with Gasteiger partial charge in [0.15, 0.2) is 0 Å². The number of allylic oxidation sites excluding steroid dienone is 2. The molecule has 0 aliphatic rings. The molecule has 0 saturated heterocycles. The summed E-state index contributed by atoms with van der Waals surface area (Å²) in [6.45, 7) is 11.2. The van der Waals surface area contributed by atoms with Crippen LogP contribution in [0.3, 0.4) is 0 Å². The number of hydrogen-bond acceptors (Lipinski definition) is 0. The first kappa shape index (κ1) is 14.8. The van der Waals surface area contributed by atoms with Crippen molar-refractivity contribution < 1.29 is 20.3 Å². The van der Waals surface area contributed by atoms with Crippen LogP contribution in [-0.2, 0) is 0 Å². The zero-order valence-electron chi connectivity index (χ0n) is 9.88. The third-order valence-corrected chi connectivity index (χ3v) is 1.40. The number of hydrogen-bond donors (Lipinski definition) is 0. The summed E-state index contributed by atoms with van der Waals surface area (Å²) in [4.78, 5) is 0. The van der Waals surface area contributed by atoms with E-state index in [9.17, 15) is 0 Å². The minimum absolute atomic E-state index is 0. The Labute approximate surface area is 95.0 Å². The molecular weight excluding hydrogens is 151 g/mol. The Morgan fingerprint density at radius 2 is 0.923 bits per heavy atom. The van der Waals surface area contributed by atoms with E-state index in [2.05, 4.69) is 13.2 Å². The van der Waals surface area contributed by atoms with Gasteiger partial charge in [-0.2, -0.15) is 0 Å². The van der Waals surface area contributed by atoms with E-state index < -0.39 is 0 Å². The molecule has 0 amide bonds. The summed E-state index contributed by atoms with van der Waals surface area (Å²) in [5.41, 5.74) is 2.13. The van der Waals surface area contributed by atoms with Crippen LogP contribution in [0.1, 0.15) is 15.3 Å². The molecule has 0 N–H and O–H groups in total. The normalized spacial score (nSPS) is 7.23. The van der Waals surface area contributed by atoms with E-state index in [0.717, 1.165) is 11.1 Å². The van der Waals surface area contributed by atoms with Crippen LogP contribution in [0.25, 0.3) is 0 Å². The van der Waals surface area contributed by atoms with Gasteiger partial charge in [0.25, 0.3) is 0 Å². The predicted octanol–water partition coefficient (Wildman–Crippen LogP) is 0.942. The van der Waals surface area contributed by atoms with Gasteiger partial charge in [-0.1, -0.05) is 60.7 Å². The quantitative estimate of drug-likeness (QED) is 0.432. The van der Waals surface area contributed by atoms with Crippen molar-refractivity contribution >= 4 is 0 Å². The van der Waals surface area contributed by atoms with Gasteiger partial charge < -0.3 is 1.43 Å². The predicted molar refractivity (Wildman–Crippen MR) is 57.2 cm³/mol. The molecule has 1 rings (SSSR count). The standard InChI is InChI=1S/C6H6.C6H10.Li.H/c1-2-4-6-5-3-1;1-5(2)6(3)4;;/h1-6H;1,3H2,2,4H3;;/q;;+1;-1. The van der Waals surface area contributed by atoms with E-state index in [4.69, 9.17) is 0 Å². The van der Waals surface area contributed by atoms with Crippen LogP contribution in [0.4, 0.5) is 0 Å². The van der Waals surface area contributed by atoms with E-state index in [1.54, 1.807) is 0 Å². The molecule has 66 valence electrons. The van der Waals surface area contributed by atoms with Crippen LogP contribution >= 0.6 is 0 Å². The molecule has 0 bridgehead atoms. The molecule has 0 atom stereocenters. The second kappa shape index (κ2) is 9.39. The molecule has 0 unspecified atom stereocenters. The maximum atomic E-state index is 3.66.